The first-order chi connectivity index (χ1) is 14.8. The molecule has 152 valence electrons. The molecule has 0 saturated carbocycles. The number of para-hydroxylation sites is 1. The predicted molar refractivity (Wildman–Crippen MR) is 114 cm³/mol. The van der Waals surface area contributed by atoms with E-state index in [9.17, 15) is 4.79 Å². The van der Waals surface area contributed by atoms with Crippen molar-refractivity contribution in [2.24, 2.45) is 0 Å². The molecule has 0 fully saturated rings. The monoisotopic (exact) mass is 400 g/mol. The molecule has 1 atom stereocenters. The highest BCUT2D eigenvalue weighted by atomic mass is 16.4. The Kier molecular flexibility index (Phi) is 5.05. The molecule has 2 N–H and O–H groups in total. The van der Waals surface area contributed by atoms with E-state index in [1.165, 1.54) is 22.1 Å². The summed E-state index contributed by atoms with van der Waals surface area (Å²) < 4.78 is 5.76. The topological polar surface area (TPSA) is 83.8 Å². The fourth-order valence-electron chi connectivity index (χ4n) is 4.26. The second kappa shape index (κ2) is 8.14. The van der Waals surface area contributed by atoms with Crippen LogP contribution in [0.25, 0.3) is 10.9 Å². The minimum Gasteiger partial charge on any atom is -0.425 e. The molecule has 1 aliphatic rings. The molecule has 1 aliphatic carbocycles. The Balaban J connectivity index is 1.12. The number of hydrogen-bond acceptors (Lipinski definition) is 4. The molecule has 5 rings (SSSR count). The summed E-state index contributed by atoms with van der Waals surface area (Å²) in [7, 11) is 0. The quantitative estimate of drug-likeness (QED) is 0.490. The van der Waals surface area contributed by atoms with Crippen LogP contribution in [0.4, 0.5) is 0 Å². The molecule has 30 heavy (non-hydrogen) atoms. The van der Waals surface area contributed by atoms with Gasteiger partial charge in [-0.1, -0.05) is 42.5 Å². The van der Waals surface area contributed by atoms with Gasteiger partial charge in [0.05, 0.1) is 6.04 Å². The van der Waals surface area contributed by atoms with Crippen LogP contribution in [0, 0.1) is 0 Å². The lowest BCUT2D eigenvalue weighted by Crippen LogP contribution is -2.27. The smallest absolute Gasteiger partial charge is 0.220 e. The van der Waals surface area contributed by atoms with E-state index in [4.69, 9.17) is 4.42 Å². The number of aryl methyl sites for hydroxylation is 4. The van der Waals surface area contributed by atoms with Gasteiger partial charge >= 0.3 is 0 Å². The Morgan fingerprint density at radius 1 is 1.03 bits per heavy atom. The van der Waals surface area contributed by atoms with E-state index in [1.807, 2.05) is 24.4 Å². The van der Waals surface area contributed by atoms with Gasteiger partial charge < -0.3 is 14.7 Å². The summed E-state index contributed by atoms with van der Waals surface area (Å²) in [6, 6.07) is 16.7. The van der Waals surface area contributed by atoms with Crippen LogP contribution in [0.15, 0.2) is 59.1 Å². The SMILES string of the molecule is O=C(CCc1nnc(CCc2c[nH]c3ccccc23)o1)N[C@H]1CCc2ccccc21. The fraction of sp³-hybridized carbons (Fsp3) is 0.292. The number of carbonyl (C=O) groups excluding carboxylic acids is 1. The van der Waals surface area contributed by atoms with Gasteiger partial charge in [-0.15, -0.1) is 10.2 Å². The summed E-state index contributed by atoms with van der Waals surface area (Å²) in [5, 5.41) is 12.6. The Hall–Kier alpha value is -3.41. The van der Waals surface area contributed by atoms with Gasteiger partial charge in [0, 0.05) is 36.4 Å². The zero-order chi connectivity index (χ0) is 20.3. The number of rotatable bonds is 7. The third-order valence-electron chi connectivity index (χ3n) is 5.83. The summed E-state index contributed by atoms with van der Waals surface area (Å²) in [5.41, 5.74) is 4.94. The first-order valence-corrected chi connectivity index (χ1v) is 10.5. The number of benzene rings is 2. The van der Waals surface area contributed by atoms with Crippen LogP contribution < -0.4 is 5.32 Å². The number of H-pyrrole nitrogens is 1. The average Bonchev–Trinajstić information content (AvgIpc) is 3.50. The second-order valence-corrected chi connectivity index (χ2v) is 7.81. The maximum absolute atomic E-state index is 12.4. The van der Waals surface area contributed by atoms with Gasteiger partial charge in [-0.05, 0) is 42.0 Å². The number of nitrogens with zero attached hydrogens (tertiary/aromatic N) is 2. The van der Waals surface area contributed by atoms with Crippen molar-refractivity contribution in [2.75, 3.05) is 0 Å². The number of hydrogen-bond donors (Lipinski definition) is 2. The summed E-state index contributed by atoms with van der Waals surface area (Å²) in [4.78, 5) is 15.7. The van der Waals surface area contributed by atoms with E-state index in [1.54, 1.807) is 0 Å². The maximum Gasteiger partial charge on any atom is 0.220 e. The third-order valence-corrected chi connectivity index (χ3v) is 5.83. The largest absolute Gasteiger partial charge is 0.425 e. The van der Waals surface area contributed by atoms with Crippen molar-refractivity contribution in [3.8, 4) is 0 Å². The van der Waals surface area contributed by atoms with Crippen LogP contribution in [-0.2, 0) is 30.5 Å². The first-order valence-electron chi connectivity index (χ1n) is 10.5. The first kappa shape index (κ1) is 18.6. The minimum absolute atomic E-state index is 0.0234. The molecule has 1 amide bonds. The van der Waals surface area contributed by atoms with Crippen molar-refractivity contribution in [3.05, 3.63) is 83.2 Å². The molecule has 0 unspecified atom stereocenters. The number of aromatic nitrogens is 3. The van der Waals surface area contributed by atoms with E-state index in [0.717, 1.165) is 24.8 Å². The lowest BCUT2D eigenvalue weighted by Gasteiger charge is -2.13. The molecule has 4 aromatic rings. The van der Waals surface area contributed by atoms with Crippen molar-refractivity contribution in [2.45, 2.75) is 44.6 Å². The van der Waals surface area contributed by atoms with Gasteiger partial charge in [-0.2, -0.15) is 0 Å². The molecule has 2 heterocycles. The van der Waals surface area contributed by atoms with Gasteiger partial charge in [0.2, 0.25) is 17.7 Å². The summed E-state index contributed by atoms with van der Waals surface area (Å²) in [6.45, 7) is 0. The Morgan fingerprint density at radius 3 is 2.77 bits per heavy atom. The van der Waals surface area contributed by atoms with Crippen LogP contribution in [-0.4, -0.2) is 21.1 Å². The van der Waals surface area contributed by atoms with Crippen molar-refractivity contribution in [1.29, 1.82) is 0 Å². The van der Waals surface area contributed by atoms with Crippen LogP contribution in [0.1, 0.15) is 47.4 Å². The summed E-state index contributed by atoms with van der Waals surface area (Å²) in [6.07, 6.45) is 6.33. The van der Waals surface area contributed by atoms with Crippen LogP contribution in [0.3, 0.4) is 0 Å². The van der Waals surface area contributed by atoms with E-state index in [0.29, 0.717) is 31.0 Å². The Labute approximate surface area is 174 Å². The Bertz CT molecular complexity index is 1180. The van der Waals surface area contributed by atoms with Gasteiger partial charge in [-0.3, -0.25) is 4.79 Å². The number of aromatic amines is 1. The molecule has 0 spiro atoms. The predicted octanol–water partition coefficient (Wildman–Crippen LogP) is 4.07. The van der Waals surface area contributed by atoms with Crippen molar-refractivity contribution in [3.63, 3.8) is 0 Å². The fourth-order valence-corrected chi connectivity index (χ4v) is 4.26. The van der Waals surface area contributed by atoms with Crippen molar-refractivity contribution in [1.82, 2.24) is 20.5 Å². The lowest BCUT2D eigenvalue weighted by molar-refractivity contribution is -0.121. The highest BCUT2D eigenvalue weighted by Crippen LogP contribution is 2.30. The molecule has 0 saturated heterocycles. The lowest BCUT2D eigenvalue weighted by atomic mass is 10.1. The van der Waals surface area contributed by atoms with Gasteiger partial charge in [-0.25, -0.2) is 0 Å². The molecule has 2 aromatic heterocycles. The summed E-state index contributed by atoms with van der Waals surface area (Å²) >= 11 is 0. The standard InChI is InChI=1S/C24H24N4O2/c29-22(26-21-11-9-16-5-1-2-6-18(16)21)12-14-24-28-27-23(30-24)13-10-17-15-25-20-8-4-3-7-19(17)20/h1-8,15,21,25H,9-14H2,(H,26,29)/t21-/m0/s1. The van der Waals surface area contributed by atoms with Crippen molar-refractivity contribution < 1.29 is 9.21 Å². The van der Waals surface area contributed by atoms with Crippen LogP contribution in [0.2, 0.25) is 0 Å². The third kappa shape index (κ3) is 3.85. The zero-order valence-corrected chi connectivity index (χ0v) is 16.7. The van der Waals surface area contributed by atoms with Crippen LogP contribution in [0.5, 0.6) is 0 Å². The number of fused-ring (bicyclic) bond motifs is 2. The zero-order valence-electron chi connectivity index (χ0n) is 16.7. The molecule has 2 aromatic carbocycles. The van der Waals surface area contributed by atoms with Gasteiger partial charge in [0.15, 0.2) is 0 Å². The van der Waals surface area contributed by atoms with Crippen molar-refractivity contribution >= 4 is 16.8 Å². The Morgan fingerprint density at radius 2 is 1.83 bits per heavy atom. The molecule has 0 bridgehead atoms. The van der Waals surface area contributed by atoms with Gasteiger partial charge in [0.1, 0.15) is 0 Å². The molecular weight excluding hydrogens is 376 g/mol. The normalized spacial score (nSPS) is 15.4. The second-order valence-electron chi connectivity index (χ2n) is 7.81. The highest BCUT2D eigenvalue weighted by molar-refractivity contribution is 5.83. The molecule has 6 heteroatoms. The molecule has 0 aliphatic heterocycles. The van der Waals surface area contributed by atoms with Crippen LogP contribution >= 0.6 is 0 Å². The number of nitrogens with one attached hydrogen (secondary N) is 2. The van der Waals surface area contributed by atoms with E-state index < -0.39 is 0 Å². The highest BCUT2D eigenvalue weighted by Gasteiger charge is 2.23. The molecular formula is C24H24N4O2. The number of carbonyl (C=O) groups is 1. The number of amides is 1. The maximum atomic E-state index is 12.4. The van der Waals surface area contributed by atoms with E-state index in [-0.39, 0.29) is 11.9 Å². The summed E-state index contributed by atoms with van der Waals surface area (Å²) in [5.74, 6) is 1.15. The minimum atomic E-state index is 0.0234. The molecule has 0 radical (unpaired) electrons. The average molecular weight is 400 g/mol. The van der Waals surface area contributed by atoms with E-state index >= 15 is 0 Å². The van der Waals surface area contributed by atoms with Gasteiger partial charge in [0.25, 0.3) is 0 Å². The molecule has 6 nitrogen and oxygen atoms in total. The van der Waals surface area contributed by atoms with E-state index in [2.05, 4.69) is 50.8 Å².